The Morgan fingerprint density at radius 2 is 2.00 bits per heavy atom. The molecule has 1 aromatic carbocycles. The molecule has 19 heavy (non-hydrogen) atoms. The molecule has 1 aromatic heterocycles. The molecule has 3 nitrogen and oxygen atoms in total. The van der Waals surface area contributed by atoms with Gasteiger partial charge in [-0.3, -0.25) is 4.79 Å². The minimum absolute atomic E-state index is 0.295. The zero-order valence-electron chi connectivity index (χ0n) is 10.2. The second-order valence-corrected chi connectivity index (χ2v) is 4.89. The van der Waals surface area contributed by atoms with E-state index in [1.165, 1.54) is 6.20 Å². The highest BCUT2D eigenvalue weighted by atomic mass is 35.5. The molecule has 0 saturated carbocycles. The number of aromatic nitrogens is 1. The number of halogens is 2. The van der Waals surface area contributed by atoms with Gasteiger partial charge in [0.25, 0.3) is 0 Å². The van der Waals surface area contributed by atoms with Crippen LogP contribution in [0.15, 0.2) is 42.6 Å². The fraction of sp³-hybridized carbons (Fsp3) is 0.143. The van der Waals surface area contributed by atoms with Crippen LogP contribution in [0.25, 0.3) is 0 Å². The van der Waals surface area contributed by atoms with Crippen molar-refractivity contribution >= 4 is 34.8 Å². The van der Waals surface area contributed by atoms with Crippen molar-refractivity contribution in [3.05, 3.63) is 58.9 Å². The summed E-state index contributed by atoms with van der Waals surface area (Å²) in [4.78, 5) is 16.0. The molecule has 1 unspecified atom stereocenters. The molecule has 2 aromatic rings. The van der Waals surface area contributed by atoms with Crippen molar-refractivity contribution < 1.29 is 4.79 Å². The fourth-order valence-electron chi connectivity index (χ4n) is 1.61. The van der Waals surface area contributed by atoms with Gasteiger partial charge in [0, 0.05) is 0 Å². The Morgan fingerprint density at radius 1 is 1.32 bits per heavy atom. The van der Waals surface area contributed by atoms with Crippen molar-refractivity contribution in [2.75, 3.05) is 5.32 Å². The van der Waals surface area contributed by atoms with Crippen molar-refractivity contribution in [3.8, 4) is 0 Å². The Kier molecular flexibility index (Phi) is 4.40. The summed E-state index contributed by atoms with van der Waals surface area (Å²) in [6.07, 6.45) is 1.50. The maximum absolute atomic E-state index is 12.0. The summed E-state index contributed by atoms with van der Waals surface area (Å²) in [5, 5.41) is 2.40. The molecular weight excluding hydrogens is 283 g/mol. The smallest absolute Gasteiger partial charge is 0.247 e. The average molecular weight is 295 g/mol. The van der Waals surface area contributed by atoms with Crippen molar-refractivity contribution in [1.82, 2.24) is 4.98 Å². The highest BCUT2D eigenvalue weighted by Gasteiger charge is 2.17. The lowest BCUT2D eigenvalue weighted by molar-refractivity contribution is -0.116. The average Bonchev–Trinajstić information content (AvgIpc) is 2.43. The molecular formula is C14H12Cl2N2O. The Hall–Kier alpha value is -1.58. The SMILES string of the molecule is Cc1cc(NC(=O)C(Cl)c2ccccc2)cnc1Cl. The van der Waals surface area contributed by atoms with Gasteiger partial charge >= 0.3 is 0 Å². The first-order chi connectivity index (χ1) is 9.08. The zero-order chi connectivity index (χ0) is 13.8. The van der Waals surface area contributed by atoms with Gasteiger partial charge in [0.15, 0.2) is 0 Å². The number of hydrogen-bond acceptors (Lipinski definition) is 2. The molecule has 1 N–H and O–H groups in total. The molecule has 1 atom stereocenters. The predicted octanol–water partition coefficient (Wildman–Crippen LogP) is 3.96. The number of nitrogens with one attached hydrogen (secondary N) is 1. The third-order valence-electron chi connectivity index (χ3n) is 2.60. The highest BCUT2D eigenvalue weighted by molar-refractivity contribution is 6.32. The highest BCUT2D eigenvalue weighted by Crippen LogP contribution is 2.23. The quantitative estimate of drug-likeness (QED) is 0.688. The van der Waals surface area contributed by atoms with E-state index in [9.17, 15) is 4.79 Å². The van der Waals surface area contributed by atoms with Crippen LogP contribution in [0.1, 0.15) is 16.5 Å². The molecule has 1 heterocycles. The van der Waals surface area contributed by atoms with Crippen molar-refractivity contribution in [3.63, 3.8) is 0 Å². The van der Waals surface area contributed by atoms with E-state index in [2.05, 4.69) is 10.3 Å². The maximum Gasteiger partial charge on any atom is 0.247 e. The predicted molar refractivity (Wildman–Crippen MR) is 77.6 cm³/mol. The van der Waals surface area contributed by atoms with E-state index in [-0.39, 0.29) is 5.91 Å². The lowest BCUT2D eigenvalue weighted by atomic mass is 10.1. The maximum atomic E-state index is 12.0. The lowest BCUT2D eigenvalue weighted by Gasteiger charge is -2.11. The molecule has 0 saturated heterocycles. The van der Waals surface area contributed by atoms with Crippen LogP contribution in [0.5, 0.6) is 0 Å². The Balaban J connectivity index is 2.10. The van der Waals surface area contributed by atoms with E-state index >= 15 is 0 Å². The molecule has 0 aliphatic rings. The van der Waals surface area contributed by atoms with Gasteiger partial charge in [0.05, 0.1) is 11.9 Å². The van der Waals surface area contributed by atoms with Crippen LogP contribution < -0.4 is 5.32 Å². The van der Waals surface area contributed by atoms with Gasteiger partial charge in [-0.15, -0.1) is 11.6 Å². The number of benzene rings is 1. The van der Waals surface area contributed by atoms with Gasteiger partial charge in [-0.05, 0) is 24.1 Å². The number of alkyl halides is 1. The summed E-state index contributed by atoms with van der Waals surface area (Å²) >= 11 is 11.9. The summed E-state index contributed by atoms with van der Waals surface area (Å²) in [6, 6.07) is 10.9. The number of pyridine rings is 1. The van der Waals surface area contributed by atoms with E-state index < -0.39 is 5.38 Å². The topological polar surface area (TPSA) is 42.0 Å². The second-order valence-electron chi connectivity index (χ2n) is 4.09. The summed E-state index contributed by atoms with van der Waals surface area (Å²) in [6.45, 7) is 1.82. The molecule has 0 radical (unpaired) electrons. The first-order valence-electron chi connectivity index (χ1n) is 5.70. The van der Waals surface area contributed by atoms with Crippen LogP contribution in [0.3, 0.4) is 0 Å². The van der Waals surface area contributed by atoms with Gasteiger partial charge < -0.3 is 5.32 Å². The third-order valence-corrected chi connectivity index (χ3v) is 3.45. The number of nitrogens with zero attached hydrogens (tertiary/aromatic N) is 1. The van der Waals surface area contributed by atoms with E-state index in [4.69, 9.17) is 23.2 Å². The first-order valence-corrected chi connectivity index (χ1v) is 6.51. The fourth-order valence-corrected chi connectivity index (χ4v) is 1.91. The molecule has 0 aliphatic carbocycles. The lowest BCUT2D eigenvalue weighted by Crippen LogP contribution is -2.17. The number of carbonyl (C=O) groups excluding carboxylic acids is 1. The van der Waals surface area contributed by atoms with Gasteiger partial charge in [-0.1, -0.05) is 41.9 Å². The monoisotopic (exact) mass is 294 g/mol. The van der Waals surface area contributed by atoms with Crippen molar-refractivity contribution in [2.24, 2.45) is 0 Å². The number of anilines is 1. The van der Waals surface area contributed by atoms with Gasteiger partial charge in [-0.2, -0.15) is 0 Å². The Bertz CT molecular complexity index is 587. The summed E-state index contributed by atoms with van der Waals surface area (Å²) in [7, 11) is 0. The van der Waals surface area contributed by atoms with E-state index in [1.54, 1.807) is 6.07 Å². The van der Waals surface area contributed by atoms with Gasteiger partial charge in [0.1, 0.15) is 10.5 Å². The number of carbonyl (C=O) groups is 1. The molecule has 5 heteroatoms. The third kappa shape index (κ3) is 3.46. The van der Waals surface area contributed by atoms with E-state index in [0.29, 0.717) is 10.8 Å². The molecule has 0 bridgehead atoms. The number of hydrogen-bond donors (Lipinski definition) is 1. The normalized spacial score (nSPS) is 11.9. The van der Waals surface area contributed by atoms with Crippen molar-refractivity contribution in [1.29, 1.82) is 0 Å². The van der Waals surface area contributed by atoms with E-state index in [1.807, 2.05) is 37.3 Å². The molecule has 98 valence electrons. The number of rotatable bonds is 3. The summed E-state index contributed by atoms with van der Waals surface area (Å²) in [5.41, 5.74) is 2.12. The first kappa shape index (κ1) is 13.8. The van der Waals surface area contributed by atoms with Crippen molar-refractivity contribution in [2.45, 2.75) is 12.3 Å². The zero-order valence-corrected chi connectivity index (χ0v) is 11.7. The molecule has 0 fully saturated rings. The van der Waals surface area contributed by atoms with Crippen LogP contribution in [-0.4, -0.2) is 10.9 Å². The molecule has 1 amide bonds. The van der Waals surface area contributed by atoms with Crippen LogP contribution >= 0.6 is 23.2 Å². The largest absolute Gasteiger partial charge is 0.323 e. The van der Waals surface area contributed by atoms with E-state index in [0.717, 1.165) is 11.1 Å². The minimum Gasteiger partial charge on any atom is -0.323 e. The number of amides is 1. The minimum atomic E-state index is -0.739. The van der Waals surface area contributed by atoms with Gasteiger partial charge in [-0.25, -0.2) is 4.98 Å². The summed E-state index contributed by atoms with van der Waals surface area (Å²) in [5.74, 6) is -0.295. The number of aryl methyl sites for hydroxylation is 1. The molecule has 0 spiro atoms. The Labute approximate surface area is 121 Å². The van der Waals surface area contributed by atoms with Crippen LogP contribution in [0, 0.1) is 6.92 Å². The molecule has 0 aliphatic heterocycles. The standard InChI is InChI=1S/C14H12Cl2N2O/c1-9-7-11(8-17-13(9)16)18-14(19)12(15)10-5-3-2-4-6-10/h2-8,12H,1H3,(H,18,19). The molecule has 2 rings (SSSR count). The summed E-state index contributed by atoms with van der Waals surface area (Å²) < 4.78 is 0. The van der Waals surface area contributed by atoms with Crippen LogP contribution in [-0.2, 0) is 4.79 Å². The second kappa shape index (κ2) is 6.04. The van der Waals surface area contributed by atoms with Crippen LogP contribution in [0.2, 0.25) is 5.15 Å². The Morgan fingerprint density at radius 3 is 2.63 bits per heavy atom. The van der Waals surface area contributed by atoms with Gasteiger partial charge in [0.2, 0.25) is 5.91 Å². The van der Waals surface area contributed by atoms with Crippen LogP contribution in [0.4, 0.5) is 5.69 Å².